The Bertz CT molecular complexity index is 509. The van der Waals surface area contributed by atoms with E-state index in [-0.39, 0.29) is 5.91 Å². The van der Waals surface area contributed by atoms with Crippen molar-refractivity contribution in [3.63, 3.8) is 0 Å². The zero-order chi connectivity index (χ0) is 15.9. The maximum absolute atomic E-state index is 12.1. The van der Waals surface area contributed by atoms with Gasteiger partial charge in [-0.15, -0.1) is 0 Å². The third-order valence-corrected chi connectivity index (χ3v) is 5.09. The van der Waals surface area contributed by atoms with Crippen LogP contribution in [0.15, 0.2) is 22.7 Å². The number of likely N-dealkylation sites (tertiary alicyclic amines) is 1. The molecule has 0 saturated carbocycles. The lowest BCUT2D eigenvalue weighted by molar-refractivity contribution is 0.0951. The van der Waals surface area contributed by atoms with Gasteiger partial charge in [-0.25, -0.2) is 0 Å². The van der Waals surface area contributed by atoms with Crippen molar-refractivity contribution in [2.45, 2.75) is 45.1 Å². The van der Waals surface area contributed by atoms with Crippen LogP contribution in [0.25, 0.3) is 0 Å². The highest BCUT2D eigenvalue weighted by atomic mass is 79.9. The molecule has 22 heavy (non-hydrogen) atoms. The van der Waals surface area contributed by atoms with Gasteiger partial charge in [0.15, 0.2) is 0 Å². The van der Waals surface area contributed by atoms with Gasteiger partial charge in [0.05, 0.1) is 10.6 Å². The Morgan fingerprint density at radius 2 is 2.23 bits per heavy atom. The van der Waals surface area contributed by atoms with Crippen molar-refractivity contribution in [3.05, 3.63) is 33.3 Å². The molecular formula is C17H24BrClN2O. The lowest BCUT2D eigenvalue weighted by Gasteiger charge is -2.33. The lowest BCUT2D eigenvalue weighted by atomic mass is 10.0. The average Bonchev–Trinajstić information content (AvgIpc) is 2.51. The maximum atomic E-state index is 12.1. The van der Waals surface area contributed by atoms with E-state index < -0.39 is 0 Å². The normalized spacial score (nSPS) is 19.1. The molecule has 0 spiro atoms. The van der Waals surface area contributed by atoms with Crippen molar-refractivity contribution >= 4 is 33.4 Å². The number of carbonyl (C=O) groups is 1. The molecule has 0 aromatic heterocycles. The van der Waals surface area contributed by atoms with Crippen molar-refractivity contribution in [2.75, 3.05) is 19.6 Å². The van der Waals surface area contributed by atoms with E-state index >= 15 is 0 Å². The summed E-state index contributed by atoms with van der Waals surface area (Å²) in [6.45, 7) is 5.37. The summed E-state index contributed by atoms with van der Waals surface area (Å²) in [5.41, 5.74) is 0.528. The molecule has 5 heteroatoms. The van der Waals surface area contributed by atoms with Gasteiger partial charge in [-0.3, -0.25) is 4.79 Å². The van der Waals surface area contributed by atoms with Crippen molar-refractivity contribution in [1.82, 2.24) is 10.2 Å². The van der Waals surface area contributed by atoms with E-state index in [9.17, 15) is 4.79 Å². The van der Waals surface area contributed by atoms with Gasteiger partial charge in [0, 0.05) is 17.1 Å². The summed E-state index contributed by atoms with van der Waals surface area (Å²) in [6.07, 6.45) is 6.12. The van der Waals surface area contributed by atoms with E-state index in [1.165, 1.54) is 25.8 Å². The van der Waals surface area contributed by atoms with Gasteiger partial charge in [0.1, 0.15) is 0 Å². The summed E-state index contributed by atoms with van der Waals surface area (Å²) in [6, 6.07) is 6.04. The van der Waals surface area contributed by atoms with E-state index in [2.05, 4.69) is 33.1 Å². The smallest absolute Gasteiger partial charge is 0.252 e. The topological polar surface area (TPSA) is 32.3 Å². The van der Waals surface area contributed by atoms with Crippen LogP contribution in [0.3, 0.4) is 0 Å². The predicted molar refractivity (Wildman–Crippen MR) is 95.6 cm³/mol. The predicted octanol–water partition coefficient (Wildman–Crippen LogP) is 4.49. The van der Waals surface area contributed by atoms with Crippen LogP contribution >= 0.6 is 27.5 Å². The molecule has 0 unspecified atom stereocenters. The van der Waals surface area contributed by atoms with Gasteiger partial charge >= 0.3 is 0 Å². The molecule has 1 aliphatic rings. The van der Waals surface area contributed by atoms with Gasteiger partial charge in [0.2, 0.25) is 0 Å². The number of hydrogen-bond donors (Lipinski definition) is 1. The zero-order valence-corrected chi connectivity index (χ0v) is 15.4. The van der Waals surface area contributed by atoms with Crippen molar-refractivity contribution < 1.29 is 4.79 Å². The van der Waals surface area contributed by atoms with Crippen LogP contribution in [-0.2, 0) is 0 Å². The first-order valence-electron chi connectivity index (χ1n) is 8.05. The monoisotopic (exact) mass is 386 g/mol. The van der Waals surface area contributed by atoms with Crippen LogP contribution in [0, 0.1) is 0 Å². The van der Waals surface area contributed by atoms with Crippen LogP contribution in [0.5, 0.6) is 0 Å². The SMILES string of the molecule is C[C@H]1CCCCN1CCCCNC(=O)c1cc(Br)ccc1Cl. The fourth-order valence-electron chi connectivity index (χ4n) is 2.90. The summed E-state index contributed by atoms with van der Waals surface area (Å²) >= 11 is 9.42. The Hall–Kier alpha value is -0.580. The summed E-state index contributed by atoms with van der Waals surface area (Å²) in [5, 5.41) is 3.44. The van der Waals surface area contributed by atoms with Crippen molar-refractivity contribution in [2.24, 2.45) is 0 Å². The Balaban J connectivity index is 1.68. The average molecular weight is 388 g/mol. The molecule has 122 valence electrons. The number of hydrogen-bond acceptors (Lipinski definition) is 2. The molecule has 1 heterocycles. The minimum absolute atomic E-state index is 0.0994. The molecule has 1 N–H and O–H groups in total. The fraction of sp³-hybridized carbons (Fsp3) is 0.588. The van der Waals surface area contributed by atoms with Crippen LogP contribution in [0.1, 0.15) is 49.4 Å². The molecule has 1 amide bonds. The second kappa shape index (κ2) is 8.90. The second-order valence-electron chi connectivity index (χ2n) is 5.97. The zero-order valence-electron chi connectivity index (χ0n) is 13.1. The number of nitrogens with zero attached hydrogens (tertiary/aromatic N) is 1. The number of carbonyl (C=O) groups excluding carboxylic acids is 1. The molecule has 1 aromatic carbocycles. The number of unbranched alkanes of at least 4 members (excludes halogenated alkanes) is 1. The number of rotatable bonds is 6. The number of nitrogens with one attached hydrogen (secondary N) is 1. The summed E-state index contributed by atoms with van der Waals surface area (Å²) in [5.74, 6) is -0.0994. The Kier molecular flexibility index (Phi) is 7.19. The molecule has 1 fully saturated rings. The van der Waals surface area contributed by atoms with E-state index in [4.69, 9.17) is 11.6 Å². The van der Waals surface area contributed by atoms with Gasteiger partial charge in [0.25, 0.3) is 5.91 Å². The highest BCUT2D eigenvalue weighted by molar-refractivity contribution is 9.10. The van der Waals surface area contributed by atoms with Crippen LogP contribution in [0.2, 0.25) is 5.02 Å². The summed E-state index contributed by atoms with van der Waals surface area (Å²) in [7, 11) is 0. The first-order valence-corrected chi connectivity index (χ1v) is 9.22. The lowest BCUT2D eigenvalue weighted by Crippen LogP contribution is -2.38. The van der Waals surface area contributed by atoms with Crippen LogP contribution < -0.4 is 5.32 Å². The van der Waals surface area contributed by atoms with Crippen molar-refractivity contribution in [3.8, 4) is 0 Å². The molecule has 0 aliphatic carbocycles. The van der Waals surface area contributed by atoms with Crippen molar-refractivity contribution in [1.29, 1.82) is 0 Å². The second-order valence-corrected chi connectivity index (χ2v) is 7.29. The molecule has 1 saturated heterocycles. The van der Waals surface area contributed by atoms with Gasteiger partial charge in [-0.2, -0.15) is 0 Å². The molecule has 1 aliphatic heterocycles. The summed E-state index contributed by atoms with van der Waals surface area (Å²) in [4.78, 5) is 14.7. The molecule has 3 nitrogen and oxygen atoms in total. The highest BCUT2D eigenvalue weighted by Crippen LogP contribution is 2.21. The highest BCUT2D eigenvalue weighted by Gasteiger charge is 2.17. The Labute approximate surface area is 146 Å². The van der Waals surface area contributed by atoms with Gasteiger partial charge in [-0.1, -0.05) is 34.0 Å². The minimum Gasteiger partial charge on any atom is -0.352 e. The first kappa shape index (κ1) is 17.8. The summed E-state index contributed by atoms with van der Waals surface area (Å²) < 4.78 is 0.862. The minimum atomic E-state index is -0.0994. The number of halogens is 2. The van der Waals surface area contributed by atoms with E-state index in [0.29, 0.717) is 23.2 Å². The van der Waals surface area contributed by atoms with Gasteiger partial charge in [-0.05, 0) is 63.9 Å². The third-order valence-electron chi connectivity index (χ3n) is 4.27. The Morgan fingerprint density at radius 1 is 1.41 bits per heavy atom. The standard InChI is InChI=1S/C17H24BrClN2O/c1-13-6-2-4-10-21(13)11-5-3-9-20-17(22)15-12-14(18)7-8-16(15)19/h7-8,12-13H,2-6,9-11H2,1H3,(H,20,22)/t13-/m0/s1. The molecule has 0 bridgehead atoms. The van der Waals surface area contributed by atoms with Crippen LogP contribution in [-0.4, -0.2) is 36.5 Å². The van der Waals surface area contributed by atoms with E-state index in [0.717, 1.165) is 23.9 Å². The molecular weight excluding hydrogens is 364 g/mol. The van der Waals surface area contributed by atoms with Gasteiger partial charge < -0.3 is 10.2 Å². The maximum Gasteiger partial charge on any atom is 0.252 e. The molecule has 2 rings (SSSR count). The molecule has 1 aromatic rings. The Morgan fingerprint density at radius 3 is 3.00 bits per heavy atom. The third kappa shape index (κ3) is 5.25. The number of benzene rings is 1. The fourth-order valence-corrected chi connectivity index (χ4v) is 3.46. The van der Waals surface area contributed by atoms with Crippen LogP contribution in [0.4, 0.5) is 0 Å². The number of piperidine rings is 1. The first-order chi connectivity index (χ1) is 10.6. The number of amides is 1. The van der Waals surface area contributed by atoms with E-state index in [1.54, 1.807) is 12.1 Å². The largest absolute Gasteiger partial charge is 0.352 e. The molecule has 0 radical (unpaired) electrons. The van der Waals surface area contributed by atoms with E-state index in [1.807, 2.05) is 6.07 Å². The molecule has 1 atom stereocenters. The quantitative estimate of drug-likeness (QED) is 0.730.